The van der Waals surface area contributed by atoms with Gasteiger partial charge in [0.25, 0.3) is 0 Å². The predicted octanol–water partition coefficient (Wildman–Crippen LogP) is -2.40. The van der Waals surface area contributed by atoms with E-state index in [1.165, 1.54) is 18.8 Å². The molecule has 2 heterocycles. The SMILES string of the molecule is CC(C)C[C@H](NC(=O)[C@H](Cc1ccccc1)NC(=O)[C@H](Cc1cnc[nH]1)NC(=O)[C@@H](N)CC(N)=O)C(=O)N[C@@H](CCCCN)C(=O)N[C@@H](CCCN=C(N)N)C(=O)N[C@@H](Cc1c[nH]c2ccccc12)C(=O)N[C@@H](CCS(C)=O)C(=O)O. The van der Waals surface area contributed by atoms with Gasteiger partial charge in [-0.05, 0) is 74.6 Å². The summed E-state index contributed by atoms with van der Waals surface area (Å²) in [5.74, 6) is -8.51. The van der Waals surface area contributed by atoms with Crippen molar-refractivity contribution in [3.8, 4) is 0 Å². The number of imidazole rings is 1. The van der Waals surface area contributed by atoms with Crippen molar-refractivity contribution in [2.75, 3.05) is 25.1 Å². The number of hydrogen-bond donors (Lipinski definition) is 15. The highest BCUT2D eigenvalue weighted by atomic mass is 32.2. The lowest BCUT2D eigenvalue weighted by Crippen LogP contribution is -2.60. The number of nitrogens with two attached hydrogens (primary N) is 5. The van der Waals surface area contributed by atoms with Gasteiger partial charge in [-0.2, -0.15) is 0 Å². The van der Waals surface area contributed by atoms with E-state index in [9.17, 15) is 52.5 Å². The van der Waals surface area contributed by atoms with E-state index in [4.69, 9.17) is 28.7 Å². The fourth-order valence-electron chi connectivity index (χ4n) is 8.61. The fourth-order valence-corrected chi connectivity index (χ4v) is 9.18. The van der Waals surface area contributed by atoms with Crippen LogP contribution in [0.3, 0.4) is 0 Å². The average Bonchev–Trinajstić information content (AvgIpc) is 4.14. The van der Waals surface area contributed by atoms with Gasteiger partial charge in [-0.3, -0.25) is 47.6 Å². The number of carbonyl (C=O) groups is 9. The number of aliphatic imine (C=N–C) groups is 1. The summed E-state index contributed by atoms with van der Waals surface area (Å²) in [6.07, 6.45) is 5.70. The highest BCUT2D eigenvalue weighted by molar-refractivity contribution is 7.84. The quantitative estimate of drug-likeness (QED) is 0.0128. The van der Waals surface area contributed by atoms with Crippen molar-refractivity contribution >= 4 is 80.9 Å². The molecular formula is C53H78N16O11S. The third-order valence-electron chi connectivity index (χ3n) is 12.8. The van der Waals surface area contributed by atoms with Gasteiger partial charge in [0.05, 0.1) is 18.8 Å². The van der Waals surface area contributed by atoms with Crippen molar-refractivity contribution in [3.05, 3.63) is 90.1 Å². The number of primary amides is 1. The Hall–Kier alpha value is -8.24. The average molecular weight is 1150 g/mol. The first kappa shape index (κ1) is 65.3. The van der Waals surface area contributed by atoms with Crippen LogP contribution in [0.25, 0.3) is 10.9 Å². The molecule has 0 saturated heterocycles. The summed E-state index contributed by atoms with van der Waals surface area (Å²) < 4.78 is 11.9. The van der Waals surface area contributed by atoms with Gasteiger partial charge < -0.3 is 81.0 Å². The summed E-state index contributed by atoms with van der Waals surface area (Å²) in [4.78, 5) is 137. The van der Waals surface area contributed by atoms with Crippen LogP contribution in [-0.2, 0) is 73.2 Å². The summed E-state index contributed by atoms with van der Waals surface area (Å²) in [6, 6.07) is 4.87. The van der Waals surface area contributed by atoms with Crippen LogP contribution in [0.5, 0.6) is 0 Å². The number of aliphatic carboxylic acids is 1. The molecular weight excluding hydrogens is 1070 g/mol. The van der Waals surface area contributed by atoms with E-state index in [1.807, 2.05) is 6.07 Å². The standard InChI is InChI=1S/C53H78N16O11S/c1-30(2)22-40(67-49(75)41(23-31-12-5-4-6-13-31)68-51(77)43(25-33-28-59-29-62-33)66-45(71)35(55)26-44(56)70)48(74)64-37(16-9-10-19-54)46(72)63-38(17-11-20-60-53(57)58)47(73)69-42(24-32-27-61-36-15-8-7-14-34(32)36)50(76)65-39(52(78)79)18-21-81(3)80/h4-8,12-15,27-30,35,37-43,61H,9-11,16-26,54-55H2,1-3H3,(H2,56,70)(H,59,62)(H,63,72)(H,64,74)(H,65,76)(H,66,71)(H,67,75)(H,68,77)(H,69,73)(H,78,79)(H4,57,58,60)/t35-,37-,38-,39-,40-,41-,42-,43-,81?/m0/s1. The Balaban J connectivity index is 1.64. The molecule has 442 valence electrons. The molecule has 81 heavy (non-hydrogen) atoms. The second-order valence-corrected chi connectivity index (χ2v) is 21.6. The number of nitrogens with one attached hydrogen (secondary N) is 9. The number of carboxylic acids is 1. The number of nitrogens with zero attached hydrogens (tertiary/aromatic N) is 2. The molecule has 0 radical (unpaired) electrons. The Morgan fingerprint density at radius 2 is 1.17 bits per heavy atom. The zero-order valence-electron chi connectivity index (χ0n) is 45.7. The van der Waals surface area contributed by atoms with Gasteiger partial charge in [0.15, 0.2) is 5.96 Å². The third-order valence-corrected chi connectivity index (χ3v) is 13.6. The second kappa shape index (κ2) is 33.4. The molecule has 0 spiro atoms. The number of H-pyrrole nitrogens is 2. The molecule has 8 amide bonds. The van der Waals surface area contributed by atoms with Crippen LogP contribution in [0.1, 0.15) is 82.0 Å². The minimum absolute atomic E-state index is 0.0173. The number of hydrogen-bond acceptors (Lipinski definition) is 14. The maximum atomic E-state index is 14.6. The summed E-state index contributed by atoms with van der Waals surface area (Å²) in [5.41, 5.74) is 30.5. The van der Waals surface area contributed by atoms with Crippen molar-refractivity contribution in [1.29, 1.82) is 0 Å². The van der Waals surface area contributed by atoms with Crippen LogP contribution in [0.15, 0.2) is 78.3 Å². The topological polar surface area (TPSA) is 462 Å². The van der Waals surface area contributed by atoms with Gasteiger partial charge in [-0.25, -0.2) is 9.78 Å². The summed E-state index contributed by atoms with van der Waals surface area (Å²) >= 11 is 0. The summed E-state index contributed by atoms with van der Waals surface area (Å²) in [7, 11) is -1.38. The van der Waals surface area contributed by atoms with E-state index in [-0.39, 0.29) is 82.1 Å². The number of para-hydroxylation sites is 1. The van der Waals surface area contributed by atoms with Gasteiger partial charge >= 0.3 is 5.97 Å². The Morgan fingerprint density at radius 1 is 0.642 bits per heavy atom. The normalized spacial score (nSPS) is 14.5. The molecule has 28 heteroatoms. The minimum Gasteiger partial charge on any atom is -0.480 e. The Kier molecular flexibility index (Phi) is 26.9. The lowest BCUT2D eigenvalue weighted by atomic mass is 9.99. The number of unbranched alkanes of at least 4 members (excludes halogenated alkanes) is 1. The number of aromatic nitrogens is 3. The number of guanidine groups is 1. The monoisotopic (exact) mass is 1150 g/mol. The number of carbonyl (C=O) groups excluding carboxylic acids is 8. The molecule has 4 aromatic rings. The highest BCUT2D eigenvalue weighted by Gasteiger charge is 2.35. The van der Waals surface area contributed by atoms with Gasteiger partial charge in [-0.1, -0.05) is 62.4 Å². The molecule has 0 saturated carbocycles. The molecule has 4 rings (SSSR count). The van der Waals surface area contributed by atoms with Crippen LogP contribution in [0, 0.1) is 5.92 Å². The van der Waals surface area contributed by atoms with Crippen LogP contribution in [0.2, 0.25) is 0 Å². The first-order chi connectivity index (χ1) is 38.5. The van der Waals surface area contributed by atoms with E-state index in [0.29, 0.717) is 29.7 Å². The molecule has 9 atom stereocenters. The van der Waals surface area contributed by atoms with E-state index in [2.05, 4.69) is 57.2 Å². The van der Waals surface area contributed by atoms with E-state index in [1.54, 1.807) is 68.6 Å². The molecule has 0 bridgehead atoms. The van der Waals surface area contributed by atoms with Crippen LogP contribution in [-0.4, -0.2) is 157 Å². The zero-order valence-corrected chi connectivity index (χ0v) is 46.6. The fraction of sp³-hybridized carbons (Fsp3) is 0.491. The predicted molar refractivity (Wildman–Crippen MR) is 303 cm³/mol. The Morgan fingerprint density at radius 3 is 1.74 bits per heavy atom. The number of fused-ring (bicyclic) bond motifs is 1. The molecule has 27 nitrogen and oxygen atoms in total. The number of benzene rings is 2. The van der Waals surface area contributed by atoms with Crippen LogP contribution >= 0.6 is 0 Å². The van der Waals surface area contributed by atoms with Gasteiger partial charge in [-0.15, -0.1) is 0 Å². The first-order valence-corrected chi connectivity index (χ1v) is 28.3. The lowest BCUT2D eigenvalue weighted by molar-refractivity contribution is -0.142. The molecule has 0 aliphatic heterocycles. The summed E-state index contributed by atoms with van der Waals surface area (Å²) in [5, 5.41) is 29.4. The van der Waals surface area contributed by atoms with Crippen LogP contribution in [0.4, 0.5) is 0 Å². The Bertz CT molecular complexity index is 2790. The highest BCUT2D eigenvalue weighted by Crippen LogP contribution is 2.20. The van der Waals surface area contributed by atoms with Crippen molar-refractivity contribution in [1.82, 2.24) is 52.2 Å². The van der Waals surface area contributed by atoms with Crippen LogP contribution < -0.4 is 65.9 Å². The molecule has 2 aromatic carbocycles. The molecule has 0 fully saturated rings. The van der Waals surface area contributed by atoms with Crippen molar-refractivity contribution in [2.45, 2.75) is 133 Å². The number of rotatable bonds is 36. The maximum Gasteiger partial charge on any atom is 0.326 e. The minimum atomic E-state index is -1.46. The number of amides is 8. The van der Waals surface area contributed by atoms with E-state index >= 15 is 0 Å². The molecule has 0 aliphatic carbocycles. The third kappa shape index (κ3) is 22.8. The molecule has 0 aliphatic rings. The van der Waals surface area contributed by atoms with Crippen molar-refractivity contribution in [3.63, 3.8) is 0 Å². The van der Waals surface area contributed by atoms with Gasteiger partial charge in [0, 0.05) is 77.6 Å². The number of aromatic amines is 2. The smallest absolute Gasteiger partial charge is 0.326 e. The Labute approximate surface area is 471 Å². The molecule has 20 N–H and O–H groups in total. The molecule has 2 aromatic heterocycles. The first-order valence-electron chi connectivity index (χ1n) is 26.6. The van der Waals surface area contributed by atoms with E-state index in [0.717, 1.165) is 10.9 Å². The van der Waals surface area contributed by atoms with Crippen molar-refractivity contribution in [2.24, 2.45) is 39.6 Å². The zero-order chi connectivity index (χ0) is 59.6. The summed E-state index contributed by atoms with van der Waals surface area (Å²) in [6.45, 7) is 3.88. The maximum absolute atomic E-state index is 14.6. The largest absolute Gasteiger partial charge is 0.480 e. The second-order valence-electron chi connectivity index (χ2n) is 20.0. The molecule has 1 unspecified atom stereocenters. The van der Waals surface area contributed by atoms with E-state index < -0.39 is 119 Å². The lowest BCUT2D eigenvalue weighted by Gasteiger charge is -2.28. The van der Waals surface area contributed by atoms with Gasteiger partial charge in [0.2, 0.25) is 47.3 Å². The van der Waals surface area contributed by atoms with Gasteiger partial charge in [0.1, 0.15) is 42.3 Å². The number of carboxylic acid groups (broad SMARTS) is 1. The van der Waals surface area contributed by atoms with Crippen molar-refractivity contribution < 1.29 is 52.5 Å².